The fourth-order valence-corrected chi connectivity index (χ4v) is 4.34. The van der Waals surface area contributed by atoms with E-state index in [1.807, 2.05) is 30.0 Å². The Hall–Kier alpha value is -2.39. The molecule has 1 aliphatic heterocycles. The van der Waals surface area contributed by atoms with Gasteiger partial charge < -0.3 is 19.9 Å². The first-order valence-corrected chi connectivity index (χ1v) is 11.0. The second-order valence-corrected chi connectivity index (χ2v) is 8.39. The molecule has 2 unspecified atom stereocenters. The third-order valence-electron chi connectivity index (χ3n) is 6.05. The van der Waals surface area contributed by atoms with Crippen molar-refractivity contribution in [3.05, 3.63) is 42.5 Å². The fourth-order valence-electron chi connectivity index (χ4n) is 4.34. The molecule has 0 radical (unpaired) electrons. The molecule has 166 valence electrons. The average Bonchev–Trinajstić information content (AvgIpc) is 3.09. The van der Waals surface area contributed by atoms with Crippen molar-refractivity contribution in [3.8, 4) is 11.4 Å². The minimum Gasteiger partial charge on any atom is -0.389 e. The molecule has 8 heteroatoms. The van der Waals surface area contributed by atoms with Gasteiger partial charge in [-0.2, -0.15) is 0 Å². The predicted molar refractivity (Wildman–Crippen MR) is 118 cm³/mol. The van der Waals surface area contributed by atoms with Gasteiger partial charge in [-0.25, -0.2) is 15.0 Å². The van der Waals surface area contributed by atoms with Crippen LogP contribution in [0.2, 0.25) is 0 Å². The van der Waals surface area contributed by atoms with E-state index in [9.17, 15) is 15.3 Å². The number of likely N-dealkylation sites (tertiary alicyclic amines) is 1. The van der Waals surface area contributed by atoms with Crippen molar-refractivity contribution < 1.29 is 15.3 Å². The standard InChI is InChI=1S/C23H31N5O3/c1-16-26-18-13-17(23-24-9-6-10-25-23)7-8-19(18)28(16)12-5-3-2-4-11-27-14-20(29)22(31)21(30)15-27/h6-10,13,20-22,29-31H,2-5,11-12,14-15H2,1H3. The monoisotopic (exact) mass is 425 g/mol. The van der Waals surface area contributed by atoms with Gasteiger partial charge in [-0.1, -0.05) is 12.8 Å². The molecule has 0 amide bonds. The van der Waals surface area contributed by atoms with Crippen LogP contribution in [-0.4, -0.2) is 77.7 Å². The highest BCUT2D eigenvalue weighted by atomic mass is 16.4. The van der Waals surface area contributed by atoms with Gasteiger partial charge in [-0.15, -0.1) is 0 Å². The van der Waals surface area contributed by atoms with Gasteiger partial charge in [0.05, 0.1) is 23.2 Å². The molecular formula is C23H31N5O3. The quantitative estimate of drug-likeness (QED) is 0.472. The van der Waals surface area contributed by atoms with Crippen molar-refractivity contribution in [2.24, 2.45) is 0 Å². The number of hydrogen-bond donors (Lipinski definition) is 3. The molecule has 8 nitrogen and oxygen atoms in total. The number of nitrogens with zero attached hydrogens (tertiary/aromatic N) is 5. The summed E-state index contributed by atoms with van der Waals surface area (Å²) in [5, 5.41) is 29.2. The average molecular weight is 426 g/mol. The Balaban J connectivity index is 1.26. The molecule has 1 aliphatic rings. The maximum absolute atomic E-state index is 9.79. The Morgan fingerprint density at radius 1 is 0.935 bits per heavy atom. The van der Waals surface area contributed by atoms with Gasteiger partial charge in [-0.3, -0.25) is 4.90 Å². The largest absolute Gasteiger partial charge is 0.389 e. The van der Waals surface area contributed by atoms with Crippen LogP contribution in [0.5, 0.6) is 0 Å². The van der Waals surface area contributed by atoms with E-state index < -0.39 is 18.3 Å². The summed E-state index contributed by atoms with van der Waals surface area (Å²) in [6.07, 6.45) is 5.01. The van der Waals surface area contributed by atoms with Crippen LogP contribution < -0.4 is 0 Å². The van der Waals surface area contributed by atoms with Crippen molar-refractivity contribution in [1.82, 2.24) is 24.4 Å². The maximum Gasteiger partial charge on any atom is 0.159 e. The van der Waals surface area contributed by atoms with Crippen LogP contribution in [0, 0.1) is 6.92 Å². The van der Waals surface area contributed by atoms with Crippen LogP contribution in [0.3, 0.4) is 0 Å². The predicted octanol–water partition coefficient (Wildman–Crippen LogP) is 1.76. The first-order chi connectivity index (χ1) is 15.0. The van der Waals surface area contributed by atoms with Gasteiger partial charge in [0.2, 0.25) is 0 Å². The van der Waals surface area contributed by atoms with Gasteiger partial charge in [0.1, 0.15) is 11.9 Å². The number of β-amino-alcohol motifs (C(OH)–C–C–N with tert-alkyl or cyclic N) is 2. The van der Waals surface area contributed by atoms with Gasteiger partial charge >= 0.3 is 0 Å². The molecule has 2 aromatic heterocycles. The Morgan fingerprint density at radius 2 is 1.61 bits per heavy atom. The Morgan fingerprint density at radius 3 is 2.32 bits per heavy atom. The van der Waals surface area contributed by atoms with E-state index >= 15 is 0 Å². The number of fused-ring (bicyclic) bond motifs is 1. The van der Waals surface area contributed by atoms with E-state index in [0.717, 1.165) is 61.2 Å². The number of aromatic nitrogens is 4. The lowest BCUT2D eigenvalue weighted by atomic mass is 10.0. The molecule has 1 fully saturated rings. The number of piperidine rings is 1. The maximum atomic E-state index is 9.79. The van der Waals surface area contributed by atoms with Gasteiger partial charge in [0.15, 0.2) is 5.82 Å². The highest BCUT2D eigenvalue weighted by molar-refractivity contribution is 5.81. The molecule has 1 saturated heterocycles. The van der Waals surface area contributed by atoms with E-state index in [-0.39, 0.29) is 0 Å². The number of rotatable bonds is 8. The zero-order chi connectivity index (χ0) is 21.8. The minimum atomic E-state index is -1.03. The summed E-state index contributed by atoms with van der Waals surface area (Å²) < 4.78 is 2.27. The lowest BCUT2D eigenvalue weighted by molar-refractivity contribution is -0.109. The Labute approximate surface area is 182 Å². The second-order valence-electron chi connectivity index (χ2n) is 8.39. The molecule has 1 aromatic carbocycles. The third-order valence-corrected chi connectivity index (χ3v) is 6.05. The van der Waals surface area contributed by atoms with Crippen molar-refractivity contribution in [1.29, 1.82) is 0 Å². The van der Waals surface area contributed by atoms with Crippen LogP contribution in [-0.2, 0) is 6.54 Å². The van der Waals surface area contributed by atoms with E-state index in [2.05, 4.69) is 20.6 Å². The third kappa shape index (κ3) is 5.10. The molecule has 3 N–H and O–H groups in total. The molecule has 2 atom stereocenters. The number of aliphatic hydroxyl groups excluding tert-OH is 3. The van der Waals surface area contributed by atoms with Crippen LogP contribution in [0.25, 0.3) is 22.4 Å². The minimum absolute atomic E-state index is 0.425. The lowest BCUT2D eigenvalue weighted by Crippen LogP contribution is -2.55. The first-order valence-electron chi connectivity index (χ1n) is 11.0. The van der Waals surface area contributed by atoms with Crippen molar-refractivity contribution >= 4 is 11.0 Å². The summed E-state index contributed by atoms with van der Waals surface area (Å²) in [6, 6.07) is 8.01. The van der Waals surface area contributed by atoms with E-state index in [4.69, 9.17) is 4.98 Å². The van der Waals surface area contributed by atoms with Crippen LogP contribution in [0.1, 0.15) is 31.5 Å². The zero-order valence-corrected chi connectivity index (χ0v) is 17.9. The van der Waals surface area contributed by atoms with E-state index in [1.54, 1.807) is 12.4 Å². The van der Waals surface area contributed by atoms with Crippen molar-refractivity contribution in [3.63, 3.8) is 0 Å². The summed E-state index contributed by atoms with van der Waals surface area (Å²) >= 11 is 0. The summed E-state index contributed by atoms with van der Waals surface area (Å²) in [6.45, 7) is 4.65. The SMILES string of the molecule is Cc1nc2cc(-c3ncccn3)ccc2n1CCCCCCN1CC(O)C(O)C(O)C1. The summed E-state index contributed by atoms with van der Waals surface area (Å²) in [5.41, 5.74) is 3.07. The molecule has 0 spiro atoms. The van der Waals surface area contributed by atoms with E-state index in [0.29, 0.717) is 18.9 Å². The smallest absolute Gasteiger partial charge is 0.159 e. The molecular weight excluding hydrogens is 394 g/mol. The first kappa shape index (κ1) is 21.8. The normalized spacial score (nSPS) is 22.3. The number of unbranched alkanes of at least 4 members (excludes halogenated alkanes) is 3. The Kier molecular flexibility index (Phi) is 6.92. The highest BCUT2D eigenvalue weighted by Gasteiger charge is 2.32. The second kappa shape index (κ2) is 9.82. The van der Waals surface area contributed by atoms with Crippen LogP contribution >= 0.6 is 0 Å². The molecule has 31 heavy (non-hydrogen) atoms. The number of aliphatic hydroxyl groups is 3. The van der Waals surface area contributed by atoms with E-state index in [1.165, 1.54) is 0 Å². The molecule has 0 saturated carbocycles. The topological polar surface area (TPSA) is 108 Å². The molecule has 3 heterocycles. The fraction of sp³-hybridized carbons (Fsp3) is 0.522. The number of imidazole rings is 1. The molecule has 0 bridgehead atoms. The molecule has 3 aromatic rings. The van der Waals surface area contributed by atoms with Gasteiger partial charge in [-0.05, 0) is 50.6 Å². The molecule has 4 rings (SSSR count). The Bertz CT molecular complexity index is 982. The number of hydrogen-bond acceptors (Lipinski definition) is 7. The zero-order valence-electron chi connectivity index (χ0n) is 17.9. The summed E-state index contributed by atoms with van der Waals surface area (Å²) in [4.78, 5) is 15.4. The summed E-state index contributed by atoms with van der Waals surface area (Å²) in [5.74, 6) is 1.72. The lowest BCUT2D eigenvalue weighted by Gasteiger charge is -2.36. The van der Waals surface area contributed by atoms with Gasteiger partial charge in [0, 0.05) is 37.6 Å². The molecule has 0 aliphatic carbocycles. The van der Waals surface area contributed by atoms with Gasteiger partial charge in [0.25, 0.3) is 0 Å². The van der Waals surface area contributed by atoms with Crippen molar-refractivity contribution in [2.45, 2.75) is 57.5 Å². The summed E-state index contributed by atoms with van der Waals surface area (Å²) in [7, 11) is 0. The van der Waals surface area contributed by atoms with Crippen molar-refractivity contribution in [2.75, 3.05) is 19.6 Å². The highest BCUT2D eigenvalue weighted by Crippen LogP contribution is 2.23. The number of benzene rings is 1. The number of aryl methyl sites for hydroxylation is 2. The van der Waals surface area contributed by atoms with Crippen LogP contribution in [0.4, 0.5) is 0 Å². The van der Waals surface area contributed by atoms with Crippen LogP contribution in [0.15, 0.2) is 36.7 Å².